The van der Waals surface area contributed by atoms with E-state index in [2.05, 4.69) is 33.0 Å². The van der Waals surface area contributed by atoms with Crippen LogP contribution in [0.2, 0.25) is 0 Å². The van der Waals surface area contributed by atoms with Gasteiger partial charge in [0, 0.05) is 17.8 Å². The highest BCUT2D eigenvalue weighted by Crippen LogP contribution is 2.29. The molecule has 0 atom stereocenters. The van der Waals surface area contributed by atoms with E-state index in [9.17, 15) is 0 Å². The average Bonchev–Trinajstić information content (AvgIpc) is 2.25. The van der Waals surface area contributed by atoms with Gasteiger partial charge in [0.25, 0.3) is 0 Å². The largest absolute Gasteiger partial charge is 0.496 e. The Hall–Kier alpha value is -1.22. The Bertz CT molecular complexity index is 386. The van der Waals surface area contributed by atoms with Crippen molar-refractivity contribution in [1.82, 2.24) is 0 Å². The van der Waals surface area contributed by atoms with Crippen LogP contribution in [0.5, 0.6) is 5.75 Å². The molecule has 1 rings (SSSR count). The summed E-state index contributed by atoms with van der Waals surface area (Å²) in [6, 6.07) is 4.00. The topological polar surface area (TPSA) is 41.5 Å². The van der Waals surface area contributed by atoms with Crippen LogP contribution in [0.4, 0.5) is 5.69 Å². The highest BCUT2D eigenvalue weighted by Gasteiger charge is 2.18. The Morgan fingerprint density at radius 3 is 2.41 bits per heavy atom. The number of rotatable bonds is 5. The first-order valence-corrected chi connectivity index (χ1v) is 5.94. The second-order valence-electron chi connectivity index (χ2n) is 5.05. The van der Waals surface area contributed by atoms with Gasteiger partial charge in [-0.3, -0.25) is 0 Å². The minimum Gasteiger partial charge on any atom is -0.496 e. The summed E-state index contributed by atoms with van der Waals surface area (Å²) in [6.07, 6.45) is 0.720. The van der Waals surface area contributed by atoms with Crippen molar-refractivity contribution in [1.29, 1.82) is 0 Å². The molecule has 0 saturated heterocycles. The van der Waals surface area contributed by atoms with Crippen molar-refractivity contribution in [2.24, 2.45) is 0 Å². The van der Waals surface area contributed by atoms with Crippen LogP contribution < -0.4 is 10.1 Å². The third-order valence-corrected chi connectivity index (χ3v) is 3.17. The first kappa shape index (κ1) is 13.8. The van der Waals surface area contributed by atoms with E-state index in [1.807, 2.05) is 12.1 Å². The molecular formula is C14H23NO2. The van der Waals surface area contributed by atoms with E-state index in [1.54, 1.807) is 7.11 Å². The second-order valence-corrected chi connectivity index (χ2v) is 5.05. The maximum Gasteiger partial charge on any atom is 0.122 e. The van der Waals surface area contributed by atoms with Crippen LogP contribution >= 0.6 is 0 Å². The Morgan fingerprint density at radius 2 is 1.88 bits per heavy atom. The monoisotopic (exact) mass is 237 g/mol. The van der Waals surface area contributed by atoms with Crippen LogP contribution in [-0.2, 0) is 0 Å². The Labute approximate surface area is 104 Å². The van der Waals surface area contributed by atoms with Crippen LogP contribution in [0.25, 0.3) is 0 Å². The summed E-state index contributed by atoms with van der Waals surface area (Å²) in [5, 5.41) is 12.5. The molecule has 17 heavy (non-hydrogen) atoms. The van der Waals surface area contributed by atoms with Gasteiger partial charge in [0.2, 0.25) is 0 Å². The fraction of sp³-hybridized carbons (Fsp3) is 0.571. The molecule has 0 heterocycles. The van der Waals surface area contributed by atoms with Gasteiger partial charge in [-0.25, -0.2) is 0 Å². The zero-order chi connectivity index (χ0) is 13.1. The molecule has 0 unspecified atom stereocenters. The number of anilines is 1. The first-order chi connectivity index (χ1) is 7.91. The minimum absolute atomic E-state index is 0.111. The summed E-state index contributed by atoms with van der Waals surface area (Å²) in [5.41, 5.74) is 3.33. The van der Waals surface area contributed by atoms with Crippen molar-refractivity contribution in [3.8, 4) is 5.75 Å². The maximum atomic E-state index is 9.03. The number of hydrogen-bond donors (Lipinski definition) is 2. The predicted octanol–water partition coefficient (Wildman–Crippen LogP) is 2.88. The van der Waals surface area contributed by atoms with Crippen LogP contribution in [0, 0.1) is 13.8 Å². The molecule has 1 aromatic rings. The Kier molecular flexibility index (Phi) is 4.40. The molecule has 0 fully saturated rings. The lowest BCUT2D eigenvalue weighted by Gasteiger charge is -2.28. The quantitative estimate of drug-likeness (QED) is 0.827. The third kappa shape index (κ3) is 3.37. The first-order valence-electron chi connectivity index (χ1n) is 5.94. The summed E-state index contributed by atoms with van der Waals surface area (Å²) >= 11 is 0. The molecule has 0 amide bonds. The number of aliphatic hydroxyl groups excluding tert-OH is 1. The van der Waals surface area contributed by atoms with Crippen LogP contribution in [0.1, 0.15) is 31.4 Å². The number of aliphatic hydroxyl groups is 1. The highest BCUT2D eigenvalue weighted by molar-refractivity contribution is 5.59. The lowest BCUT2D eigenvalue weighted by atomic mass is 9.98. The van der Waals surface area contributed by atoms with Crippen molar-refractivity contribution in [2.45, 2.75) is 39.7 Å². The van der Waals surface area contributed by atoms with Gasteiger partial charge in [-0.1, -0.05) is 0 Å². The normalized spacial score (nSPS) is 11.4. The summed E-state index contributed by atoms with van der Waals surface area (Å²) in [7, 11) is 1.69. The fourth-order valence-corrected chi connectivity index (χ4v) is 1.86. The molecule has 1 aromatic carbocycles. The number of hydrogen-bond acceptors (Lipinski definition) is 3. The lowest BCUT2D eigenvalue weighted by molar-refractivity contribution is 0.261. The van der Waals surface area contributed by atoms with E-state index in [1.165, 1.54) is 5.56 Å². The molecule has 0 spiro atoms. The molecular weight excluding hydrogens is 214 g/mol. The van der Waals surface area contributed by atoms with E-state index >= 15 is 0 Å². The van der Waals surface area contributed by atoms with Crippen molar-refractivity contribution in [2.75, 3.05) is 19.0 Å². The van der Waals surface area contributed by atoms with Gasteiger partial charge in [-0.2, -0.15) is 0 Å². The SMILES string of the molecule is COc1ccc(NC(C)(C)CCO)c(C)c1C. The molecule has 0 radical (unpaired) electrons. The van der Waals surface area contributed by atoms with Crippen LogP contribution in [0.3, 0.4) is 0 Å². The molecule has 3 nitrogen and oxygen atoms in total. The van der Waals surface area contributed by atoms with E-state index in [0.717, 1.165) is 23.4 Å². The molecule has 0 aliphatic heterocycles. The van der Waals surface area contributed by atoms with Gasteiger partial charge >= 0.3 is 0 Å². The summed E-state index contributed by atoms with van der Waals surface area (Å²) in [4.78, 5) is 0. The Balaban J connectivity index is 2.97. The number of ether oxygens (including phenoxy) is 1. The Morgan fingerprint density at radius 1 is 1.24 bits per heavy atom. The maximum absolute atomic E-state index is 9.03. The fourth-order valence-electron chi connectivity index (χ4n) is 1.86. The standard InChI is InChI=1S/C14H23NO2/c1-10-11(2)13(17-5)7-6-12(10)15-14(3,4)8-9-16/h6-7,15-16H,8-9H2,1-5H3. The van der Waals surface area contributed by atoms with Crippen LogP contribution in [-0.4, -0.2) is 24.4 Å². The van der Waals surface area contributed by atoms with E-state index < -0.39 is 0 Å². The van der Waals surface area contributed by atoms with Gasteiger partial charge in [-0.15, -0.1) is 0 Å². The summed E-state index contributed by atoms with van der Waals surface area (Å²) in [5.74, 6) is 0.910. The van der Waals surface area contributed by atoms with E-state index in [0.29, 0.717) is 0 Å². The van der Waals surface area contributed by atoms with Crippen molar-refractivity contribution >= 4 is 5.69 Å². The zero-order valence-electron chi connectivity index (χ0n) is 11.4. The molecule has 0 bridgehead atoms. The molecule has 96 valence electrons. The smallest absolute Gasteiger partial charge is 0.122 e. The summed E-state index contributed by atoms with van der Waals surface area (Å²) in [6.45, 7) is 8.49. The molecule has 0 saturated carbocycles. The molecule has 3 heteroatoms. The average molecular weight is 237 g/mol. The van der Waals surface area contributed by atoms with Gasteiger partial charge in [0.1, 0.15) is 5.75 Å². The van der Waals surface area contributed by atoms with Crippen molar-refractivity contribution < 1.29 is 9.84 Å². The molecule has 0 aromatic heterocycles. The van der Waals surface area contributed by atoms with Gasteiger partial charge in [0.15, 0.2) is 0 Å². The number of nitrogens with one attached hydrogen (secondary N) is 1. The second kappa shape index (κ2) is 5.41. The number of benzene rings is 1. The minimum atomic E-state index is -0.111. The summed E-state index contributed by atoms with van der Waals surface area (Å²) < 4.78 is 5.29. The molecule has 0 aliphatic rings. The lowest BCUT2D eigenvalue weighted by Crippen LogP contribution is -2.32. The number of methoxy groups -OCH3 is 1. The molecule has 0 aliphatic carbocycles. The molecule has 2 N–H and O–H groups in total. The third-order valence-electron chi connectivity index (χ3n) is 3.17. The predicted molar refractivity (Wildman–Crippen MR) is 71.9 cm³/mol. The van der Waals surface area contributed by atoms with Crippen molar-refractivity contribution in [3.05, 3.63) is 23.3 Å². The van der Waals surface area contributed by atoms with Crippen molar-refractivity contribution in [3.63, 3.8) is 0 Å². The van der Waals surface area contributed by atoms with E-state index in [-0.39, 0.29) is 12.1 Å². The van der Waals surface area contributed by atoms with Crippen LogP contribution in [0.15, 0.2) is 12.1 Å². The van der Waals surface area contributed by atoms with Gasteiger partial charge < -0.3 is 15.2 Å². The van der Waals surface area contributed by atoms with Gasteiger partial charge in [0.05, 0.1) is 7.11 Å². The highest BCUT2D eigenvalue weighted by atomic mass is 16.5. The van der Waals surface area contributed by atoms with Gasteiger partial charge in [-0.05, 0) is 57.4 Å². The zero-order valence-corrected chi connectivity index (χ0v) is 11.4. The van der Waals surface area contributed by atoms with E-state index in [4.69, 9.17) is 9.84 Å².